The van der Waals surface area contributed by atoms with Crippen molar-refractivity contribution in [3.8, 4) is 0 Å². The first-order valence-electron chi connectivity index (χ1n) is 12.6. The van der Waals surface area contributed by atoms with Crippen molar-refractivity contribution in [1.82, 2.24) is 20.6 Å². The van der Waals surface area contributed by atoms with Crippen LogP contribution in [0.5, 0.6) is 0 Å². The molecule has 14 heteroatoms. The minimum atomic E-state index is -2.12. The summed E-state index contributed by atoms with van der Waals surface area (Å²) in [6, 6.07) is 7.95. The number of carbonyl (C=O) groups is 5. The highest BCUT2D eigenvalue weighted by Crippen LogP contribution is 2.32. The second-order valence-electron chi connectivity index (χ2n) is 9.76. The molecule has 13 nitrogen and oxygen atoms in total. The number of hydrogen-bond acceptors (Lipinski definition) is 10. The van der Waals surface area contributed by atoms with Crippen molar-refractivity contribution in [2.75, 3.05) is 7.11 Å². The lowest BCUT2D eigenvalue weighted by molar-refractivity contribution is -0.159. The number of ether oxygens (including phenoxy) is 1. The maximum atomic E-state index is 13.6. The Morgan fingerprint density at radius 2 is 1.82 bits per heavy atom. The highest BCUT2D eigenvalue weighted by atomic mass is 16.7. The summed E-state index contributed by atoms with van der Waals surface area (Å²) in [5, 5.41) is 14.9. The number of hydrogen-bond donors (Lipinski definition) is 3. The van der Waals surface area contributed by atoms with Gasteiger partial charge in [0, 0.05) is 18.8 Å². The SMILES string of the molecule is COC(=O)C[C@@]1(CC(=O)O)OB(C(CC(C)C)NC(=O)C(Cc2ccccc2)NC(=O)c2cnccn2)OC1=O. The van der Waals surface area contributed by atoms with Gasteiger partial charge in [-0.2, -0.15) is 0 Å². The molecule has 0 radical (unpaired) electrons. The van der Waals surface area contributed by atoms with E-state index < -0.39 is 67.3 Å². The summed E-state index contributed by atoms with van der Waals surface area (Å²) >= 11 is 0. The molecule has 0 saturated carbocycles. The fourth-order valence-electron chi connectivity index (χ4n) is 4.25. The number of nitrogens with zero attached hydrogens (tertiary/aromatic N) is 2. The van der Waals surface area contributed by atoms with Gasteiger partial charge in [-0.15, -0.1) is 0 Å². The van der Waals surface area contributed by atoms with E-state index in [1.54, 1.807) is 24.3 Å². The molecule has 2 unspecified atom stereocenters. The summed E-state index contributed by atoms with van der Waals surface area (Å²) in [5.74, 6) is -5.48. The molecule has 212 valence electrons. The molecule has 3 rings (SSSR count). The highest BCUT2D eigenvalue weighted by Gasteiger charge is 2.58. The van der Waals surface area contributed by atoms with Crippen LogP contribution < -0.4 is 10.6 Å². The summed E-state index contributed by atoms with van der Waals surface area (Å²) in [6.07, 6.45) is 2.90. The quantitative estimate of drug-likeness (QED) is 0.234. The van der Waals surface area contributed by atoms with Crippen molar-refractivity contribution in [3.05, 3.63) is 60.2 Å². The molecule has 3 atom stereocenters. The van der Waals surface area contributed by atoms with E-state index in [2.05, 4.69) is 25.3 Å². The molecule has 0 spiro atoms. The summed E-state index contributed by atoms with van der Waals surface area (Å²) in [5.41, 5.74) is -1.33. The second kappa shape index (κ2) is 13.6. The first-order chi connectivity index (χ1) is 19.0. The maximum absolute atomic E-state index is 13.6. The van der Waals surface area contributed by atoms with Crippen LogP contribution in [0.25, 0.3) is 0 Å². The van der Waals surface area contributed by atoms with Gasteiger partial charge in [0.25, 0.3) is 5.91 Å². The molecule has 1 saturated heterocycles. The van der Waals surface area contributed by atoms with Crippen LogP contribution in [0.3, 0.4) is 0 Å². The fraction of sp³-hybridized carbons (Fsp3) is 0.423. The van der Waals surface area contributed by atoms with Crippen LogP contribution in [0, 0.1) is 5.92 Å². The normalized spacial score (nSPS) is 18.0. The average Bonchev–Trinajstić information content (AvgIpc) is 3.22. The predicted octanol–water partition coefficient (Wildman–Crippen LogP) is 0.726. The third-order valence-corrected chi connectivity index (χ3v) is 6.11. The minimum absolute atomic E-state index is 0.0152. The van der Waals surface area contributed by atoms with Gasteiger partial charge in [0.05, 0.1) is 32.1 Å². The number of carboxylic acids is 1. The van der Waals surface area contributed by atoms with Crippen LogP contribution in [-0.2, 0) is 39.6 Å². The molecule has 3 N–H and O–H groups in total. The smallest absolute Gasteiger partial charge is 0.506 e. The Hall–Kier alpha value is -4.33. The van der Waals surface area contributed by atoms with Gasteiger partial charge in [0.2, 0.25) is 5.91 Å². The predicted molar refractivity (Wildman–Crippen MR) is 139 cm³/mol. The zero-order valence-electron chi connectivity index (χ0n) is 22.4. The number of aliphatic carboxylic acids is 1. The molecule has 1 aromatic carbocycles. The topological polar surface area (TPSA) is 183 Å². The van der Waals surface area contributed by atoms with Gasteiger partial charge in [-0.25, -0.2) is 4.98 Å². The van der Waals surface area contributed by atoms with Crippen molar-refractivity contribution in [3.63, 3.8) is 0 Å². The van der Waals surface area contributed by atoms with Crippen molar-refractivity contribution in [2.45, 2.75) is 57.1 Å². The Labute approximate surface area is 231 Å². The van der Waals surface area contributed by atoms with E-state index >= 15 is 0 Å². The monoisotopic (exact) mass is 554 g/mol. The first-order valence-corrected chi connectivity index (χ1v) is 12.6. The van der Waals surface area contributed by atoms with Crippen molar-refractivity contribution in [2.24, 2.45) is 5.92 Å². The van der Waals surface area contributed by atoms with Crippen LogP contribution in [-0.4, -0.2) is 76.6 Å². The van der Waals surface area contributed by atoms with Gasteiger partial charge in [0.1, 0.15) is 11.7 Å². The van der Waals surface area contributed by atoms with E-state index in [0.717, 1.165) is 12.7 Å². The van der Waals surface area contributed by atoms with Crippen molar-refractivity contribution >= 4 is 36.8 Å². The van der Waals surface area contributed by atoms with Gasteiger partial charge in [0.15, 0.2) is 5.60 Å². The number of amides is 2. The lowest BCUT2D eigenvalue weighted by Crippen LogP contribution is -2.55. The zero-order valence-corrected chi connectivity index (χ0v) is 22.4. The van der Waals surface area contributed by atoms with Crippen molar-refractivity contribution in [1.29, 1.82) is 0 Å². The summed E-state index contributed by atoms with van der Waals surface area (Å²) in [6.45, 7) is 3.73. The average molecular weight is 554 g/mol. The van der Waals surface area contributed by atoms with E-state index in [1.807, 2.05) is 19.9 Å². The lowest BCUT2D eigenvalue weighted by Gasteiger charge is -2.26. The number of carboxylic acid groups (broad SMARTS) is 1. The third-order valence-electron chi connectivity index (χ3n) is 6.11. The molecule has 1 aromatic heterocycles. The van der Waals surface area contributed by atoms with Gasteiger partial charge >= 0.3 is 25.0 Å². The number of aromatic nitrogens is 2. The number of nitrogens with one attached hydrogen (secondary N) is 2. The van der Waals surface area contributed by atoms with Gasteiger partial charge in [-0.05, 0) is 17.9 Å². The molecule has 40 heavy (non-hydrogen) atoms. The van der Waals surface area contributed by atoms with E-state index in [9.17, 15) is 29.1 Å². The van der Waals surface area contributed by atoms with Gasteiger partial charge in [-0.1, -0.05) is 44.2 Å². The molecular weight excluding hydrogens is 523 g/mol. The second-order valence-corrected chi connectivity index (χ2v) is 9.76. The van der Waals surface area contributed by atoms with E-state index in [1.165, 1.54) is 18.6 Å². The van der Waals surface area contributed by atoms with E-state index in [-0.39, 0.29) is 24.5 Å². The molecule has 0 bridgehead atoms. The van der Waals surface area contributed by atoms with Crippen LogP contribution in [0.1, 0.15) is 49.2 Å². The van der Waals surface area contributed by atoms with E-state index in [0.29, 0.717) is 0 Å². The number of benzene rings is 1. The Kier molecular flexibility index (Phi) is 10.3. The van der Waals surface area contributed by atoms with Gasteiger partial charge in [-0.3, -0.25) is 29.0 Å². The van der Waals surface area contributed by atoms with Gasteiger partial charge < -0.3 is 29.8 Å². The Morgan fingerprint density at radius 1 is 1.10 bits per heavy atom. The van der Waals surface area contributed by atoms with E-state index in [4.69, 9.17) is 9.31 Å². The largest absolute Gasteiger partial charge is 0.552 e. The Bertz CT molecular complexity index is 1220. The maximum Gasteiger partial charge on any atom is 0.552 e. The third kappa shape index (κ3) is 8.09. The fourth-order valence-corrected chi connectivity index (χ4v) is 4.25. The number of esters is 1. The number of methoxy groups -OCH3 is 1. The summed E-state index contributed by atoms with van der Waals surface area (Å²) in [4.78, 5) is 70.6. The first kappa shape index (κ1) is 30.2. The highest BCUT2D eigenvalue weighted by molar-refractivity contribution is 6.51. The van der Waals surface area contributed by atoms with Crippen LogP contribution in [0.4, 0.5) is 0 Å². The van der Waals surface area contributed by atoms with Crippen LogP contribution in [0.2, 0.25) is 0 Å². The van der Waals surface area contributed by atoms with Crippen LogP contribution >= 0.6 is 0 Å². The summed E-state index contributed by atoms with van der Waals surface area (Å²) in [7, 11) is -0.297. The molecule has 1 aliphatic rings. The summed E-state index contributed by atoms with van der Waals surface area (Å²) < 4.78 is 15.8. The Balaban J connectivity index is 1.85. The molecular formula is C26H31BN4O9. The van der Waals surface area contributed by atoms with Crippen LogP contribution in [0.15, 0.2) is 48.9 Å². The molecule has 1 fully saturated rings. The molecule has 0 aliphatic carbocycles. The Morgan fingerprint density at radius 3 is 2.42 bits per heavy atom. The molecule has 2 amide bonds. The molecule has 2 heterocycles. The lowest BCUT2D eigenvalue weighted by atomic mass is 9.73. The van der Waals surface area contributed by atoms with Crippen molar-refractivity contribution < 1.29 is 43.1 Å². The molecule has 1 aliphatic heterocycles. The number of carbonyl (C=O) groups excluding carboxylic acids is 4. The minimum Gasteiger partial charge on any atom is -0.506 e. The standard InChI is InChI=1S/C26H31BN4O9/c1-16(2)11-20(27-39-25(37)26(40-27,13-21(32)33)14-22(34)38-3)31-23(35)18(12-17-7-5-4-6-8-17)30-24(36)19-15-28-9-10-29-19/h4-10,15-16,18,20H,11-14H2,1-3H3,(H,30,36)(H,31,35)(H,32,33)/t18?,20?,26-/m1/s1. The zero-order chi connectivity index (χ0) is 29.3. The number of rotatable bonds is 13. The molecule has 2 aromatic rings.